The standard InChI is InChI=1S/H3O4P.HO3P.Zr/c1-5(2,3)4;1-4(2)3;/h(H3,1,2,3,4);(H-,1,2,3);/q;;-1/p+1. The van der Waals surface area contributed by atoms with Crippen molar-refractivity contribution in [2.45, 2.75) is 0 Å². The molecule has 0 saturated heterocycles. The molecular weight excluding hydrogens is 265 g/mol. The summed E-state index contributed by atoms with van der Waals surface area (Å²) in [6.07, 6.45) is 0. The van der Waals surface area contributed by atoms with Gasteiger partial charge < -0.3 is 14.7 Å². The van der Waals surface area contributed by atoms with Crippen molar-refractivity contribution in [2.24, 2.45) is 0 Å². The molecule has 5 N–H and O–H groups in total. The molecule has 0 aliphatic carbocycles. The maximum atomic E-state index is 9.37. The molecule has 0 bridgehead atoms. The van der Waals surface area contributed by atoms with Gasteiger partial charge in [-0.2, -0.15) is 0 Å². The summed E-state index contributed by atoms with van der Waals surface area (Å²) in [7, 11) is -4.64. The molecule has 0 rings (SSSR count). The van der Waals surface area contributed by atoms with Gasteiger partial charge >= 0.3 is 51.2 Å². The van der Waals surface area contributed by atoms with E-state index >= 15 is 0 Å². The van der Waals surface area contributed by atoms with Crippen LogP contribution in [0.3, 0.4) is 0 Å². The summed E-state index contributed by atoms with van der Waals surface area (Å²) in [5, 5.41) is 0. The zero-order valence-electron chi connectivity index (χ0n) is 4.45. The first kappa shape index (κ1) is 13.7. The summed E-state index contributed by atoms with van der Waals surface area (Å²) in [4.78, 5) is 33.4. The molecule has 7 nitrogen and oxygen atoms in total. The first-order chi connectivity index (χ1) is 4.00. The van der Waals surface area contributed by atoms with Crippen LogP contribution in [0.2, 0.25) is 0 Å². The molecule has 10 heavy (non-hydrogen) atoms. The van der Waals surface area contributed by atoms with Crippen LogP contribution in [0.4, 0.5) is 0 Å². The van der Waals surface area contributed by atoms with Gasteiger partial charge in [0, 0.05) is 0 Å². The van der Waals surface area contributed by atoms with Crippen molar-refractivity contribution in [2.75, 3.05) is 0 Å². The normalized spacial score (nSPS) is 11.6. The molecule has 0 aliphatic heterocycles. The Morgan fingerprint density at radius 2 is 0.900 bits per heavy atom. The Balaban J connectivity index is 0. The summed E-state index contributed by atoms with van der Waals surface area (Å²) >= 11 is 0.284. The van der Waals surface area contributed by atoms with E-state index in [4.69, 9.17) is 29.0 Å². The molecular formula is H5O7P2Zr. The Kier molecular flexibility index (Phi) is 6.73. The first-order valence-electron chi connectivity index (χ1n) is 1.59. The molecule has 0 aliphatic rings. The average Bonchev–Trinajstić information content (AvgIpc) is 1.12. The Morgan fingerprint density at radius 3 is 0.900 bits per heavy atom. The zero-order chi connectivity index (χ0) is 9.00. The molecule has 0 unspecified atom stereocenters. The van der Waals surface area contributed by atoms with E-state index in [0.29, 0.717) is 0 Å². The van der Waals surface area contributed by atoms with E-state index in [-0.39, 0.29) is 24.1 Å². The van der Waals surface area contributed by atoms with Crippen molar-refractivity contribution in [1.29, 1.82) is 0 Å². The second-order valence-electron chi connectivity index (χ2n) is 1.06. The number of hydrogen-bond donors (Lipinski definition) is 5. The van der Waals surface area contributed by atoms with Crippen LogP contribution >= 0.6 is 12.7 Å². The first-order valence-corrected chi connectivity index (χ1v) is 8.06. The SMILES string of the molecule is O=P(O)(O)O.O=[P](O)(O)[Zr]. The van der Waals surface area contributed by atoms with Gasteiger partial charge in [0.25, 0.3) is 0 Å². The molecule has 0 spiro atoms. The van der Waals surface area contributed by atoms with Crippen molar-refractivity contribution in [3.05, 3.63) is 0 Å². The van der Waals surface area contributed by atoms with Crippen LogP contribution in [-0.2, 0) is 33.3 Å². The van der Waals surface area contributed by atoms with Crippen molar-refractivity contribution >= 4 is 12.7 Å². The molecule has 10 heteroatoms. The molecule has 0 amide bonds. The van der Waals surface area contributed by atoms with Crippen LogP contribution in [0.1, 0.15) is 0 Å². The van der Waals surface area contributed by atoms with Crippen LogP contribution in [0.5, 0.6) is 0 Å². The molecule has 0 atom stereocenters. The van der Waals surface area contributed by atoms with Crippen LogP contribution in [0.15, 0.2) is 0 Å². The quantitative estimate of drug-likeness (QED) is 0.345. The van der Waals surface area contributed by atoms with Crippen LogP contribution in [-0.4, -0.2) is 24.5 Å². The fraction of sp³-hybridized carbons (Fsp3) is 0. The summed E-state index contributed by atoms with van der Waals surface area (Å²) in [5.41, 5.74) is 0. The fourth-order valence-corrected chi connectivity index (χ4v) is 0. The molecule has 0 aromatic rings. The zero-order valence-corrected chi connectivity index (χ0v) is 8.69. The Labute approximate surface area is 70.6 Å². The predicted octanol–water partition coefficient (Wildman–Crippen LogP) is -1.30. The minimum absolute atomic E-state index is 0.284. The van der Waals surface area contributed by atoms with Gasteiger partial charge in [0.05, 0.1) is 0 Å². The van der Waals surface area contributed by atoms with Gasteiger partial charge in [-0.3, -0.25) is 0 Å². The summed E-state index contributed by atoms with van der Waals surface area (Å²) in [6, 6.07) is 0. The molecule has 61 valence electrons. The van der Waals surface area contributed by atoms with E-state index in [2.05, 4.69) is 0 Å². The number of phosphoric acid groups is 1. The fourth-order valence-electron chi connectivity index (χ4n) is 0. The molecule has 0 aromatic heterocycles. The Morgan fingerprint density at radius 1 is 0.900 bits per heavy atom. The van der Waals surface area contributed by atoms with Gasteiger partial charge in [0.1, 0.15) is 0 Å². The Bertz CT molecular complexity index is 124. The van der Waals surface area contributed by atoms with Gasteiger partial charge in [0.2, 0.25) is 0 Å². The van der Waals surface area contributed by atoms with E-state index in [1.165, 1.54) is 0 Å². The number of rotatable bonds is 0. The topological polar surface area (TPSA) is 135 Å². The molecule has 0 saturated carbocycles. The van der Waals surface area contributed by atoms with Gasteiger partial charge in [-0.1, -0.05) is 0 Å². The molecule has 0 aromatic carbocycles. The van der Waals surface area contributed by atoms with Crippen molar-refractivity contribution < 1.29 is 57.7 Å². The van der Waals surface area contributed by atoms with Crippen molar-refractivity contribution in [1.82, 2.24) is 0 Å². The maximum absolute atomic E-state index is 9.37. The average molecular weight is 270 g/mol. The summed E-state index contributed by atoms with van der Waals surface area (Å²) in [6.45, 7) is 0. The van der Waals surface area contributed by atoms with E-state index in [1.807, 2.05) is 0 Å². The van der Waals surface area contributed by atoms with Crippen LogP contribution in [0.25, 0.3) is 0 Å². The third-order valence-corrected chi connectivity index (χ3v) is 0. The van der Waals surface area contributed by atoms with Gasteiger partial charge in [-0.25, -0.2) is 4.57 Å². The monoisotopic (exact) mass is 269 g/mol. The minimum atomic E-state index is -4.64. The second-order valence-corrected chi connectivity index (χ2v) is 7.47. The summed E-state index contributed by atoms with van der Waals surface area (Å²) < 4.78 is 18.2. The van der Waals surface area contributed by atoms with Gasteiger partial charge in [0.15, 0.2) is 0 Å². The Hall–Kier alpha value is 1.14. The summed E-state index contributed by atoms with van der Waals surface area (Å²) in [5.74, 6) is 0. The van der Waals surface area contributed by atoms with E-state index in [1.54, 1.807) is 0 Å². The predicted molar refractivity (Wildman–Crippen MR) is 26.3 cm³/mol. The van der Waals surface area contributed by atoms with Crippen LogP contribution < -0.4 is 0 Å². The van der Waals surface area contributed by atoms with Crippen molar-refractivity contribution in [3.63, 3.8) is 0 Å². The van der Waals surface area contributed by atoms with Gasteiger partial charge in [-0.15, -0.1) is 0 Å². The third-order valence-electron chi connectivity index (χ3n) is 0. The molecule has 0 heterocycles. The second kappa shape index (κ2) is 4.91. The third kappa shape index (κ3) is 464. The number of hydrogen-bond acceptors (Lipinski definition) is 2. The molecule has 0 radical (unpaired) electrons. The van der Waals surface area contributed by atoms with Crippen molar-refractivity contribution in [3.8, 4) is 0 Å². The van der Waals surface area contributed by atoms with Gasteiger partial charge in [-0.05, 0) is 0 Å². The van der Waals surface area contributed by atoms with E-state index in [0.717, 1.165) is 0 Å². The molecule has 0 fully saturated rings. The van der Waals surface area contributed by atoms with Crippen LogP contribution in [0, 0.1) is 0 Å². The van der Waals surface area contributed by atoms with E-state index < -0.39 is 12.7 Å². The van der Waals surface area contributed by atoms with E-state index in [9.17, 15) is 4.57 Å².